The van der Waals surface area contributed by atoms with Crippen LogP contribution in [-0.2, 0) is 41.6 Å². The Morgan fingerprint density at radius 3 is 2.23 bits per heavy atom. The molecule has 4 unspecified atom stereocenters. The number of aliphatic hydroxyl groups excluding tert-OH is 5. The monoisotopic (exact) mass is 855 g/mol. The summed E-state index contributed by atoms with van der Waals surface area (Å²) in [5.41, 5.74) is -3.83. The summed E-state index contributed by atoms with van der Waals surface area (Å²) in [6, 6.07) is 8.29. The van der Waals surface area contributed by atoms with Gasteiger partial charge in [0.05, 0.1) is 48.7 Å². The SMILES string of the molecule is COc1cccc2c1C(=O)c1c(O)c3c(c(O)c1C2=O)C[C@@](O)(C(C)=O)C[C@@H]3OC1CC(N(O[C@H]2O[C@H](CO)[C@H](O)[C@H](O)[C@H]2O)C(=O)OCc2ccc(O)cc2)C(O)C(C)O1. The van der Waals surface area contributed by atoms with Crippen LogP contribution in [-0.4, -0.2) is 149 Å². The number of hydroxylamine groups is 2. The fourth-order valence-corrected chi connectivity index (χ4v) is 8.16. The molecule has 61 heavy (non-hydrogen) atoms. The molecule has 0 saturated carbocycles. The second kappa shape index (κ2) is 16.9. The number of ether oxygens (including phenoxy) is 5. The van der Waals surface area contributed by atoms with Gasteiger partial charge in [-0.25, -0.2) is 9.63 Å². The zero-order valence-corrected chi connectivity index (χ0v) is 32.9. The van der Waals surface area contributed by atoms with Crippen LogP contribution in [0, 0.1) is 0 Å². The van der Waals surface area contributed by atoms with Crippen molar-refractivity contribution in [3.63, 3.8) is 0 Å². The van der Waals surface area contributed by atoms with Crippen molar-refractivity contribution in [2.45, 2.75) is 107 Å². The standard InChI is InChI=1S/C41H45NO19/c1-16-31(46)22(42(40(54)57-15-18-7-9-19(45)10-8-18)61-39-38(53)37(52)34(49)25(14-43)60-39)11-26(58-16)59-24-13-41(55,17(2)44)12-21-28(24)36(51)30-29(33(21)48)32(47)20-5-4-6-23(56-3)27(20)35(30)50/h4-10,16,22,24-26,31,34,37-39,43,45-46,48-49,51-53,55H,11-15H2,1-3H3/t16?,22?,24-,25+,26?,31?,34-,37-,38+,39+,41-/m0/s1. The van der Waals surface area contributed by atoms with Crippen LogP contribution < -0.4 is 4.74 Å². The van der Waals surface area contributed by atoms with E-state index in [1.54, 1.807) is 0 Å². The van der Waals surface area contributed by atoms with E-state index in [2.05, 4.69) is 0 Å². The lowest BCUT2D eigenvalue weighted by Crippen LogP contribution is -2.63. The molecule has 2 saturated heterocycles. The Hall–Kier alpha value is -5.26. The maximum Gasteiger partial charge on any atom is 0.434 e. The zero-order valence-electron chi connectivity index (χ0n) is 32.9. The van der Waals surface area contributed by atoms with E-state index in [1.165, 1.54) is 56.5 Å². The van der Waals surface area contributed by atoms with E-state index in [4.69, 9.17) is 28.5 Å². The Kier molecular flexibility index (Phi) is 12.1. The molecular weight excluding hydrogens is 810 g/mol. The first-order chi connectivity index (χ1) is 28.9. The molecule has 2 heterocycles. The molecule has 0 bridgehead atoms. The van der Waals surface area contributed by atoms with Gasteiger partial charge in [-0.05, 0) is 37.6 Å². The second-order valence-electron chi connectivity index (χ2n) is 15.4. The summed E-state index contributed by atoms with van der Waals surface area (Å²) in [6.45, 7) is 1.22. The zero-order chi connectivity index (χ0) is 44.2. The van der Waals surface area contributed by atoms with Gasteiger partial charge in [-0.15, -0.1) is 0 Å². The molecule has 3 aromatic rings. The second-order valence-corrected chi connectivity index (χ2v) is 15.4. The van der Waals surface area contributed by atoms with Crippen molar-refractivity contribution in [2.24, 2.45) is 0 Å². The number of aromatic hydroxyl groups is 3. The number of carbonyl (C=O) groups is 4. The van der Waals surface area contributed by atoms with Crippen LogP contribution in [0.4, 0.5) is 4.79 Å². The van der Waals surface area contributed by atoms with Crippen molar-refractivity contribution < 1.29 is 93.7 Å². The highest BCUT2D eigenvalue weighted by molar-refractivity contribution is 6.31. The number of rotatable bonds is 10. The summed E-state index contributed by atoms with van der Waals surface area (Å²) in [5, 5.41) is 98.3. The Morgan fingerprint density at radius 1 is 0.885 bits per heavy atom. The van der Waals surface area contributed by atoms with Gasteiger partial charge in [0, 0.05) is 36.0 Å². The van der Waals surface area contributed by atoms with Crippen LogP contribution >= 0.6 is 0 Å². The summed E-state index contributed by atoms with van der Waals surface area (Å²) in [5.74, 6) is -4.12. The molecule has 9 N–H and O–H groups in total. The van der Waals surface area contributed by atoms with Crippen molar-refractivity contribution in [3.05, 3.63) is 81.4 Å². The number of carbonyl (C=O) groups excluding carboxylic acids is 4. The van der Waals surface area contributed by atoms with Crippen molar-refractivity contribution in [2.75, 3.05) is 13.7 Å². The van der Waals surface area contributed by atoms with E-state index in [0.717, 1.165) is 6.92 Å². The third-order valence-electron chi connectivity index (χ3n) is 11.6. The Labute approximate surface area is 346 Å². The third kappa shape index (κ3) is 7.80. The first-order valence-electron chi connectivity index (χ1n) is 19.2. The number of amides is 1. The van der Waals surface area contributed by atoms with Crippen LogP contribution in [0.1, 0.15) is 81.3 Å². The van der Waals surface area contributed by atoms with Gasteiger partial charge in [-0.1, -0.05) is 24.3 Å². The van der Waals surface area contributed by atoms with Crippen molar-refractivity contribution >= 4 is 23.4 Å². The lowest BCUT2D eigenvalue weighted by Gasteiger charge is -2.46. The average Bonchev–Trinajstić information content (AvgIpc) is 3.23. The van der Waals surface area contributed by atoms with Gasteiger partial charge in [-0.2, -0.15) is 5.06 Å². The number of nitrogens with zero attached hydrogens (tertiary/aromatic N) is 1. The first-order valence-corrected chi connectivity index (χ1v) is 19.2. The molecule has 2 aliphatic carbocycles. The Morgan fingerprint density at radius 2 is 1.57 bits per heavy atom. The highest BCUT2D eigenvalue weighted by Gasteiger charge is 2.52. The molecule has 3 aromatic carbocycles. The Balaban J connectivity index is 1.25. The number of phenols is 3. The summed E-state index contributed by atoms with van der Waals surface area (Å²) >= 11 is 0. The van der Waals surface area contributed by atoms with E-state index in [-0.39, 0.29) is 33.8 Å². The molecule has 4 aliphatic rings. The van der Waals surface area contributed by atoms with E-state index < -0.39 is 145 Å². The van der Waals surface area contributed by atoms with Gasteiger partial charge in [0.15, 0.2) is 17.9 Å². The molecular formula is C41H45NO19. The van der Waals surface area contributed by atoms with Gasteiger partial charge in [-0.3, -0.25) is 14.4 Å². The maximum absolute atomic E-state index is 14.1. The number of benzene rings is 3. The predicted molar refractivity (Wildman–Crippen MR) is 201 cm³/mol. The summed E-state index contributed by atoms with van der Waals surface area (Å²) in [6.07, 6.45) is -18.1. The van der Waals surface area contributed by atoms with Crippen molar-refractivity contribution in [3.8, 4) is 23.0 Å². The van der Waals surface area contributed by atoms with Crippen LogP contribution in [0.3, 0.4) is 0 Å². The summed E-state index contributed by atoms with van der Waals surface area (Å²) in [7, 11) is 1.28. The predicted octanol–water partition coefficient (Wildman–Crippen LogP) is 0.146. The highest BCUT2D eigenvalue weighted by atomic mass is 16.8. The molecule has 7 rings (SSSR count). The molecule has 2 aliphatic heterocycles. The van der Waals surface area contributed by atoms with Crippen molar-refractivity contribution in [1.82, 2.24) is 5.06 Å². The van der Waals surface area contributed by atoms with Crippen LogP contribution in [0.15, 0.2) is 42.5 Å². The molecule has 0 radical (unpaired) electrons. The molecule has 11 atom stereocenters. The van der Waals surface area contributed by atoms with Gasteiger partial charge < -0.3 is 69.6 Å². The lowest BCUT2D eigenvalue weighted by molar-refractivity contribution is -0.371. The molecule has 0 aromatic heterocycles. The van der Waals surface area contributed by atoms with Gasteiger partial charge in [0.2, 0.25) is 12.1 Å². The normalized spacial score (nSPS) is 30.8. The summed E-state index contributed by atoms with van der Waals surface area (Å²) < 4.78 is 28.5. The van der Waals surface area contributed by atoms with E-state index in [1.807, 2.05) is 0 Å². The number of hydrogen-bond donors (Lipinski definition) is 9. The average molecular weight is 856 g/mol. The fourth-order valence-electron chi connectivity index (χ4n) is 8.16. The molecule has 2 fully saturated rings. The smallest absolute Gasteiger partial charge is 0.434 e. The largest absolute Gasteiger partial charge is 0.508 e. The number of ketones is 3. The fraction of sp³-hybridized carbons (Fsp3) is 0.463. The first kappa shape index (κ1) is 43.8. The van der Waals surface area contributed by atoms with Crippen LogP contribution in [0.25, 0.3) is 0 Å². The van der Waals surface area contributed by atoms with E-state index >= 15 is 0 Å². The van der Waals surface area contributed by atoms with Gasteiger partial charge in [0.25, 0.3) is 0 Å². The van der Waals surface area contributed by atoms with E-state index in [0.29, 0.717) is 10.6 Å². The third-order valence-corrected chi connectivity index (χ3v) is 11.6. The minimum Gasteiger partial charge on any atom is -0.508 e. The van der Waals surface area contributed by atoms with Crippen LogP contribution in [0.2, 0.25) is 0 Å². The molecule has 20 nitrogen and oxygen atoms in total. The number of methoxy groups -OCH3 is 1. The number of aliphatic hydroxyl groups is 6. The minimum absolute atomic E-state index is 0.0168. The number of Topliss-reactive ketones (excluding diaryl/α,β-unsaturated/α-hetero) is 1. The lowest BCUT2D eigenvalue weighted by atomic mass is 9.72. The molecule has 328 valence electrons. The minimum atomic E-state index is -2.26. The van der Waals surface area contributed by atoms with Gasteiger partial charge >= 0.3 is 6.09 Å². The molecule has 1 amide bonds. The maximum atomic E-state index is 14.1. The summed E-state index contributed by atoms with van der Waals surface area (Å²) in [4.78, 5) is 60.5. The number of hydrogen-bond acceptors (Lipinski definition) is 19. The number of phenolic OH excluding ortho intramolecular Hbond substituents is 3. The number of fused-ring (bicyclic) bond motifs is 3. The topological polar surface area (TPSA) is 309 Å². The Bertz CT molecular complexity index is 2210. The molecule has 0 spiro atoms. The molecule has 20 heteroatoms. The highest BCUT2D eigenvalue weighted by Crippen LogP contribution is 2.52. The van der Waals surface area contributed by atoms with Crippen LogP contribution in [0.5, 0.6) is 23.0 Å². The van der Waals surface area contributed by atoms with E-state index in [9.17, 15) is 65.1 Å². The quantitative estimate of drug-likeness (QED) is 0.0757. The van der Waals surface area contributed by atoms with Gasteiger partial charge in [0.1, 0.15) is 65.7 Å². The van der Waals surface area contributed by atoms with Crippen molar-refractivity contribution in [1.29, 1.82) is 0 Å².